The third-order valence-electron chi connectivity index (χ3n) is 2.92. The molecule has 2 atom stereocenters. The zero-order valence-electron chi connectivity index (χ0n) is 10.5. The molecule has 0 spiro atoms. The number of hydrogen-bond acceptors (Lipinski definition) is 3. The molecule has 5 nitrogen and oxygen atoms in total. The third-order valence-corrected chi connectivity index (χ3v) is 5.03. The summed E-state index contributed by atoms with van der Waals surface area (Å²) in [5.74, 6) is -1.04. The van der Waals surface area contributed by atoms with Crippen molar-refractivity contribution in [2.24, 2.45) is 0 Å². The van der Waals surface area contributed by atoms with E-state index < -0.39 is 18.0 Å². The predicted octanol–water partition coefficient (Wildman–Crippen LogP) is 2.81. The summed E-state index contributed by atoms with van der Waals surface area (Å²) in [5, 5.41) is 11.5. The van der Waals surface area contributed by atoms with Gasteiger partial charge in [-0.1, -0.05) is 0 Å². The number of rotatable bonds is 2. The van der Waals surface area contributed by atoms with Gasteiger partial charge in [0.25, 0.3) is 0 Å². The summed E-state index contributed by atoms with van der Waals surface area (Å²) in [7, 11) is 0. The van der Waals surface area contributed by atoms with Crippen LogP contribution in [-0.2, 0) is 4.79 Å². The molecule has 20 heavy (non-hydrogen) atoms. The lowest BCUT2D eigenvalue weighted by atomic mass is 10.3. The summed E-state index contributed by atoms with van der Waals surface area (Å²) in [4.78, 5) is 24.7. The molecule has 1 aromatic rings. The molecule has 2 amide bonds. The number of nitrogens with zero attached hydrogens (tertiary/aromatic N) is 1. The molecule has 8 heteroatoms. The number of amides is 2. The quantitative estimate of drug-likeness (QED) is 0.736. The lowest BCUT2D eigenvalue weighted by molar-refractivity contribution is -0.141. The minimum absolute atomic E-state index is 0.214. The number of carboxylic acids is 1. The first-order valence-corrected chi connectivity index (χ1v) is 7.91. The van der Waals surface area contributed by atoms with Crippen LogP contribution in [0.15, 0.2) is 18.2 Å². The molecule has 0 aliphatic carbocycles. The largest absolute Gasteiger partial charge is 0.480 e. The summed E-state index contributed by atoms with van der Waals surface area (Å²) < 4.78 is 13.6. The van der Waals surface area contributed by atoms with E-state index in [1.807, 2.05) is 22.6 Å². The van der Waals surface area contributed by atoms with E-state index in [9.17, 15) is 14.0 Å². The van der Waals surface area contributed by atoms with E-state index >= 15 is 0 Å². The van der Waals surface area contributed by atoms with Crippen molar-refractivity contribution in [2.75, 3.05) is 11.1 Å². The standard InChI is InChI=1S/C12H12FIN2O3S/c1-6-16(10(5-20-6)11(17)18)12(19)15-9-3-2-7(13)4-8(9)14/h2-4,6,10H,5H2,1H3,(H,15,19)(H,17,18). The Kier molecular flexibility index (Phi) is 4.74. The Labute approximate surface area is 133 Å². The molecule has 1 aliphatic rings. The third kappa shape index (κ3) is 3.17. The topological polar surface area (TPSA) is 69.6 Å². The molecule has 1 saturated heterocycles. The normalized spacial score (nSPS) is 21.9. The van der Waals surface area contributed by atoms with Gasteiger partial charge in [-0.3, -0.25) is 4.90 Å². The van der Waals surface area contributed by atoms with Crippen LogP contribution in [0.1, 0.15) is 6.92 Å². The maximum Gasteiger partial charge on any atom is 0.327 e. The van der Waals surface area contributed by atoms with Gasteiger partial charge in [0.05, 0.1) is 11.1 Å². The Hall–Kier alpha value is -1.03. The van der Waals surface area contributed by atoms with E-state index in [4.69, 9.17) is 5.11 Å². The van der Waals surface area contributed by atoms with Gasteiger partial charge in [0, 0.05) is 9.32 Å². The van der Waals surface area contributed by atoms with Crippen LogP contribution in [-0.4, -0.2) is 39.2 Å². The lowest BCUT2D eigenvalue weighted by Crippen LogP contribution is -2.46. The maximum absolute atomic E-state index is 13.0. The van der Waals surface area contributed by atoms with Crippen LogP contribution in [0.3, 0.4) is 0 Å². The zero-order valence-corrected chi connectivity index (χ0v) is 13.4. The highest BCUT2D eigenvalue weighted by Crippen LogP contribution is 2.30. The Balaban J connectivity index is 2.16. The molecule has 0 saturated carbocycles. The maximum atomic E-state index is 13.0. The monoisotopic (exact) mass is 410 g/mol. The van der Waals surface area contributed by atoms with Crippen molar-refractivity contribution < 1.29 is 19.1 Å². The Bertz CT molecular complexity index is 558. The molecule has 0 radical (unpaired) electrons. The number of nitrogens with one attached hydrogen (secondary N) is 1. The molecule has 1 aliphatic heterocycles. The Morgan fingerprint density at radius 2 is 2.25 bits per heavy atom. The van der Waals surface area contributed by atoms with Crippen molar-refractivity contribution in [3.63, 3.8) is 0 Å². The molecule has 0 bridgehead atoms. The summed E-state index contributed by atoms with van der Waals surface area (Å²) in [6.45, 7) is 1.78. The number of urea groups is 1. The first-order valence-electron chi connectivity index (χ1n) is 5.79. The molecule has 2 unspecified atom stereocenters. The second-order valence-corrected chi connectivity index (χ2v) is 6.76. The van der Waals surface area contributed by atoms with Gasteiger partial charge in [0.1, 0.15) is 11.9 Å². The van der Waals surface area contributed by atoms with Crippen molar-refractivity contribution in [1.29, 1.82) is 0 Å². The van der Waals surface area contributed by atoms with Gasteiger partial charge in [-0.2, -0.15) is 0 Å². The average molecular weight is 410 g/mol. The number of halogens is 2. The van der Waals surface area contributed by atoms with Gasteiger partial charge < -0.3 is 10.4 Å². The van der Waals surface area contributed by atoms with Crippen LogP contribution >= 0.6 is 34.4 Å². The van der Waals surface area contributed by atoms with Crippen molar-refractivity contribution in [3.8, 4) is 0 Å². The second kappa shape index (κ2) is 6.17. The van der Waals surface area contributed by atoms with Crippen LogP contribution < -0.4 is 5.32 Å². The highest BCUT2D eigenvalue weighted by molar-refractivity contribution is 14.1. The SMILES string of the molecule is CC1SCC(C(=O)O)N1C(=O)Nc1ccc(F)cc1I. The summed E-state index contributed by atoms with van der Waals surface area (Å²) in [5.41, 5.74) is 0.463. The Morgan fingerprint density at radius 3 is 2.85 bits per heavy atom. The number of anilines is 1. The van der Waals surface area contributed by atoms with Crippen LogP contribution in [0.2, 0.25) is 0 Å². The molecule has 2 N–H and O–H groups in total. The number of carbonyl (C=O) groups is 2. The van der Waals surface area contributed by atoms with Crippen LogP contribution in [0.25, 0.3) is 0 Å². The average Bonchev–Trinajstić information content (AvgIpc) is 2.75. The van der Waals surface area contributed by atoms with Gasteiger partial charge in [-0.15, -0.1) is 11.8 Å². The summed E-state index contributed by atoms with van der Waals surface area (Å²) >= 11 is 3.32. The number of hydrogen-bond donors (Lipinski definition) is 2. The highest BCUT2D eigenvalue weighted by Gasteiger charge is 2.39. The fourth-order valence-electron chi connectivity index (χ4n) is 1.91. The molecule has 1 fully saturated rings. The second-order valence-electron chi connectivity index (χ2n) is 4.25. The van der Waals surface area contributed by atoms with Crippen LogP contribution in [0.5, 0.6) is 0 Å². The summed E-state index contributed by atoms with van der Waals surface area (Å²) in [6, 6.07) is 2.67. The highest BCUT2D eigenvalue weighted by atomic mass is 127. The van der Waals surface area contributed by atoms with Gasteiger partial charge in [0.15, 0.2) is 0 Å². The fraction of sp³-hybridized carbons (Fsp3) is 0.333. The van der Waals surface area contributed by atoms with E-state index in [1.165, 1.54) is 34.9 Å². The fourth-order valence-corrected chi connectivity index (χ4v) is 3.69. The smallest absolute Gasteiger partial charge is 0.327 e. The van der Waals surface area contributed by atoms with E-state index in [0.717, 1.165) is 0 Å². The van der Waals surface area contributed by atoms with Crippen molar-refractivity contribution >= 4 is 52.0 Å². The molecular weight excluding hydrogens is 398 g/mol. The molecule has 108 valence electrons. The number of aliphatic carboxylic acids is 1. The molecule has 0 aromatic heterocycles. The van der Waals surface area contributed by atoms with Crippen LogP contribution in [0, 0.1) is 9.39 Å². The molecule has 1 heterocycles. The van der Waals surface area contributed by atoms with E-state index in [0.29, 0.717) is 15.0 Å². The van der Waals surface area contributed by atoms with Gasteiger partial charge in [-0.25, -0.2) is 14.0 Å². The number of carboxylic acid groups (broad SMARTS) is 1. The number of benzene rings is 1. The Morgan fingerprint density at radius 1 is 1.55 bits per heavy atom. The van der Waals surface area contributed by atoms with Gasteiger partial charge in [0.2, 0.25) is 0 Å². The number of thioether (sulfide) groups is 1. The molecular formula is C12H12FIN2O3S. The van der Waals surface area contributed by atoms with Crippen molar-refractivity contribution in [1.82, 2.24) is 4.90 Å². The first kappa shape index (κ1) is 15.4. The predicted molar refractivity (Wildman–Crippen MR) is 83.3 cm³/mol. The summed E-state index contributed by atoms with van der Waals surface area (Å²) in [6.07, 6.45) is 0. The first-order chi connectivity index (χ1) is 9.40. The molecule has 2 rings (SSSR count). The van der Waals surface area contributed by atoms with Crippen LogP contribution in [0.4, 0.5) is 14.9 Å². The van der Waals surface area contributed by atoms with E-state index in [2.05, 4.69) is 5.32 Å². The lowest BCUT2D eigenvalue weighted by Gasteiger charge is -2.25. The van der Waals surface area contributed by atoms with Gasteiger partial charge in [-0.05, 0) is 47.7 Å². The molecule has 1 aromatic carbocycles. The van der Waals surface area contributed by atoms with Crippen molar-refractivity contribution in [2.45, 2.75) is 18.3 Å². The minimum Gasteiger partial charge on any atom is -0.480 e. The zero-order chi connectivity index (χ0) is 14.9. The van der Waals surface area contributed by atoms with E-state index in [-0.39, 0.29) is 11.2 Å². The van der Waals surface area contributed by atoms with E-state index in [1.54, 1.807) is 6.92 Å². The minimum atomic E-state index is -1.02. The number of carbonyl (C=O) groups excluding carboxylic acids is 1. The van der Waals surface area contributed by atoms with Crippen molar-refractivity contribution in [3.05, 3.63) is 27.6 Å². The van der Waals surface area contributed by atoms with Gasteiger partial charge >= 0.3 is 12.0 Å².